The van der Waals surface area contributed by atoms with E-state index in [1.165, 1.54) is 4.52 Å². The first kappa shape index (κ1) is 16.0. The lowest BCUT2D eigenvalue weighted by Crippen LogP contribution is -2.34. The Morgan fingerprint density at radius 2 is 1.81 bits per heavy atom. The Kier molecular flexibility index (Phi) is 3.53. The van der Waals surface area contributed by atoms with E-state index in [1.54, 1.807) is 36.7 Å². The van der Waals surface area contributed by atoms with Gasteiger partial charge in [-0.2, -0.15) is 10.1 Å². The van der Waals surface area contributed by atoms with E-state index in [2.05, 4.69) is 20.2 Å². The first-order valence-corrected chi connectivity index (χ1v) is 8.73. The molecule has 0 bridgehead atoms. The summed E-state index contributed by atoms with van der Waals surface area (Å²) in [5.74, 6) is 0.486. The van der Waals surface area contributed by atoms with Gasteiger partial charge in [-0.3, -0.25) is 5.10 Å². The third kappa shape index (κ3) is 2.59. The van der Waals surface area contributed by atoms with Gasteiger partial charge in [0.15, 0.2) is 0 Å². The van der Waals surface area contributed by atoms with Crippen LogP contribution in [0.3, 0.4) is 0 Å². The summed E-state index contributed by atoms with van der Waals surface area (Å²) in [4.78, 5) is 9.57. The molecule has 3 aromatic heterocycles. The van der Waals surface area contributed by atoms with Crippen molar-refractivity contribution < 1.29 is 4.85 Å². The number of hydrogen-bond acceptors (Lipinski definition) is 4. The Bertz CT molecular complexity index is 1330. The standard InChI is InChI=1S/C18H10Cl2N6O/c19-13-3-1-11(8-14(13)20)17-23-18-22-15(5-6-25(18)26(17)27)10-2-4-16-12(7-10)9-21-24-16/h1-9H,(H,21,24). The summed E-state index contributed by atoms with van der Waals surface area (Å²) in [7, 11) is 0. The average molecular weight is 397 g/mol. The topological polar surface area (TPSA) is 85.8 Å². The molecule has 5 aromatic rings. The van der Waals surface area contributed by atoms with Crippen molar-refractivity contribution in [3.8, 4) is 22.6 Å². The van der Waals surface area contributed by atoms with E-state index >= 15 is 0 Å². The normalized spacial score (nSPS) is 11.5. The Morgan fingerprint density at radius 3 is 2.67 bits per heavy atom. The highest BCUT2D eigenvalue weighted by molar-refractivity contribution is 6.42. The van der Waals surface area contributed by atoms with Gasteiger partial charge in [-0.05, 0) is 36.4 Å². The van der Waals surface area contributed by atoms with Crippen molar-refractivity contribution in [3.63, 3.8) is 0 Å². The molecule has 0 aliphatic heterocycles. The van der Waals surface area contributed by atoms with Crippen LogP contribution in [0.5, 0.6) is 0 Å². The van der Waals surface area contributed by atoms with Crippen molar-refractivity contribution in [1.82, 2.24) is 24.7 Å². The number of aromatic amines is 1. The first-order chi connectivity index (χ1) is 13.1. The van der Waals surface area contributed by atoms with E-state index < -0.39 is 0 Å². The fourth-order valence-corrected chi connectivity index (χ4v) is 3.23. The molecular weight excluding hydrogens is 387 g/mol. The molecule has 0 unspecified atom stereocenters. The number of rotatable bonds is 2. The summed E-state index contributed by atoms with van der Waals surface area (Å²) >= 11 is 12.0. The lowest BCUT2D eigenvalue weighted by Gasteiger charge is -2.04. The Hall–Kier alpha value is -3.16. The van der Waals surface area contributed by atoms with Crippen molar-refractivity contribution in [1.29, 1.82) is 0 Å². The zero-order valence-corrected chi connectivity index (χ0v) is 15.1. The van der Waals surface area contributed by atoms with E-state index in [0.29, 0.717) is 26.1 Å². The number of halogens is 2. The largest absolute Gasteiger partial charge is 0.692 e. The molecule has 0 saturated carbocycles. The molecule has 5 rings (SSSR count). The molecule has 1 N–H and O–H groups in total. The Morgan fingerprint density at radius 1 is 0.963 bits per heavy atom. The minimum atomic E-state index is 0.198. The summed E-state index contributed by atoms with van der Waals surface area (Å²) in [5, 5.41) is 21.3. The number of benzene rings is 2. The molecule has 7 nitrogen and oxygen atoms in total. The Balaban J connectivity index is 1.64. The zero-order valence-electron chi connectivity index (χ0n) is 13.6. The molecular formula is C18H10Cl2N6O. The molecule has 2 aromatic carbocycles. The molecule has 0 fully saturated rings. The van der Waals surface area contributed by atoms with Crippen LogP contribution in [-0.4, -0.2) is 24.7 Å². The van der Waals surface area contributed by atoms with Crippen LogP contribution in [0.15, 0.2) is 54.9 Å². The third-order valence-electron chi connectivity index (χ3n) is 4.30. The van der Waals surface area contributed by atoms with Crippen LogP contribution in [0.4, 0.5) is 0 Å². The van der Waals surface area contributed by atoms with Gasteiger partial charge in [0.1, 0.15) is 0 Å². The van der Waals surface area contributed by atoms with Crippen LogP contribution in [0.1, 0.15) is 0 Å². The molecule has 0 radical (unpaired) electrons. The van der Waals surface area contributed by atoms with Crippen molar-refractivity contribution in [2.24, 2.45) is 0 Å². The molecule has 0 aliphatic carbocycles. The quantitative estimate of drug-likeness (QED) is 0.362. The van der Waals surface area contributed by atoms with Gasteiger partial charge >= 0.3 is 11.6 Å². The van der Waals surface area contributed by atoms with Gasteiger partial charge in [-0.1, -0.05) is 29.3 Å². The monoisotopic (exact) mass is 396 g/mol. The highest BCUT2D eigenvalue weighted by Crippen LogP contribution is 2.27. The Labute approximate surface area is 162 Å². The SMILES string of the molecule is [O-][n+]1c(-c2ccc(Cl)c(Cl)c2)nc2nc(-c3ccc4[nH]ncc4c3)ccn21. The molecule has 132 valence electrons. The molecule has 27 heavy (non-hydrogen) atoms. The summed E-state index contributed by atoms with van der Waals surface area (Å²) in [6.45, 7) is 0. The minimum absolute atomic E-state index is 0.198. The molecule has 0 aliphatic rings. The molecule has 0 saturated heterocycles. The second kappa shape index (κ2) is 5.94. The predicted octanol–water partition coefficient (Wildman–Crippen LogP) is 3.88. The van der Waals surface area contributed by atoms with Gasteiger partial charge in [-0.25, -0.2) is 0 Å². The van der Waals surface area contributed by atoms with Crippen molar-refractivity contribution in [2.45, 2.75) is 0 Å². The van der Waals surface area contributed by atoms with Gasteiger partial charge in [0.25, 0.3) is 0 Å². The van der Waals surface area contributed by atoms with E-state index in [-0.39, 0.29) is 11.6 Å². The smallest absolute Gasteiger partial charge is 0.382 e. The average Bonchev–Trinajstić information content (AvgIpc) is 3.27. The molecule has 9 heteroatoms. The summed E-state index contributed by atoms with van der Waals surface area (Å²) < 4.78 is 1.33. The summed E-state index contributed by atoms with van der Waals surface area (Å²) in [6.07, 6.45) is 3.39. The van der Waals surface area contributed by atoms with Crippen LogP contribution in [0.25, 0.3) is 39.3 Å². The minimum Gasteiger partial charge on any atom is -0.692 e. The van der Waals surface area contributed by atoms with Crippen molar-refractivity contribution in [3.05, 3.63) is 70.1 Å². The van der Waals surface area contributed by atoms with E-state index in [0.717, 1.165) is 16.5 Å². The maximum Gasteiger partial charge on any atom is 0.382 e. The molecule has 0 spiro atoms. The van der Waals surface area contributed by atoms with Gasteiger partial charge in [-0.15, -0.1) is 9.36 Å². The fourth-order valence-electron chi connectivity index (χ4n) is 2.93. The van der Waals surface area contributed by atoms with Crippen LogP contribution in [0.2, 0.25) is 10.0 Å². The summed E-state index contributed by atoms with van der Waals surface area (Å²) in [5.41, 5.74) is 3.12. The van der Waals surface area contributed by atoms with Crippen LogP contribution >= 0.6 is 23.2 Å². The molecule has 0 amide bonds. The molecule has 0 atom stereocenters. The van der Waals surface area contributed by atoms with Crippen LogP contribution < -0.4 is 4.85 Å². The zero-order chi connectivity index (χ0) is 18.5. The second-order valence-corrected chi connectivity index (χ2v) is 6.78. The van der Waals surface area contributed by atoms with E-state index in [1.807, 2.05) is 18.2 Å². The van der Waals surface area contributed by atoms with Crippen molar-refractivity contribution in [2.75, 3.05) is 0 Å². The maximum atomic E-state index is 12.6. The number of hydrogen-bond donors (Lipinski definition) is 1. The summed E-state index contributed by atoms with van der Waals surface area (Å²) in [6, 6.07) is 12.5. The highest BCUT2D eigenvalue weighted by atomic mass is 35.5. The number of nitrogens with one attached hydrogen (secondary N) is 1. The van der Waals surface area contributed by atoms with Gasteiger partial charge in [0.2, 0.25) is 0 Å². The third-order valence-corrected chi connectivity index (χ3v) is 5.03. The number of H-pyrrole nitrogens is 1. The van der Waals surface area contributed by atoms with E-state index in [9.17, 15) is 5.21 Å². The second-order valence-electron chi connectivity index (χ2n) is 5.97. The predicted molar refractivity (Wildman–Crippen MR) is 102 cm³/mol. The van der Waals surface area contributed by atoms with Crippen LogP contribution in [-0.2, 0) is 0 Å². The molecule has 3 heterocycles. The van der Waals surface area contributed by atoms with Gasteiger partial charge in [0.05, 0.1) is 39.2 Å². The number of aromatic nitrogens is 6. The lowest BCUT2D eigenvalue weighted by atomic mass is 10.1. The highest BCUT2D eigenvalue weighted by Gasteiger charge is 2.21. The maximum absolute atomic E-state index is 12.6. The van der Waals surface area contributed by atoms with E-state index in [4.69, 9.17) is 23.2 Å². The van der Waals surface area contributed by atoms with Crippen LogP contribution in [0, 0.1) is 5.21 Å². The number of nitrogens with zero attached hydrogens (tertiary/aromatic N) is 5. The van der Waals surface area contributed by atoms with Gasteiger partial charge in [0, 0.05) is 15.9 Å². The fraction of sp³-hybridized carbons (Fsp3) is 0. The van der Waals surface area contributed by atoms with Crippen molar-refractivity contribution >= 4 is 39.9 Å². The first-order valence-electron chi connectivity index (χ1n) is 7.98. The van der Waals surface area contributed by atoms with Gasteiger partial charge < -0.3 is 5.21 Å². The number of fused-ring (bicyclic) bond motifs is 2. The lowest BCUT2D eigenvalue weighted by molar-refractivity contribution is -0.667.